The maximum Gasteiger partial charge on any atom is 0.234 e. The van der Waals surface area contributed by atoms with Gasteiger partial charge in [-0.1, -0.05) is 58.2 Å². The first-order chi connectivity index (χ1) is 14.8. The topological polar surface area (TPSA) is 69.0 Å². The third-order valence-electron chi connectivity index (χ3n) is 4.22. The molecule has 0 spiro atoms. The molecule has 0 radical (unpaired) electrons. The van der Waals surface area contributed by atoms with Crippen LogP contribution in [0.25, 0.3) is 0 Å². The van der Waals surface area contributed by atoms with Crippen molar-refractivity contribution in [3.63, 3.8) is 0 Å². The fourth-order valence-corrected chi connectivity index (χ4v) is 4.34. The van der Waals surface area contributed by atoms with Crippen molar-refractivity contribution < 1.29 is 9.53 Å². The zero-order valence-corrected chi connectivity index (χ0v) is 20.4. The van der Waals surface area contributed by atoms with Crippen LogP contribution in [-0.4, -0.2) is 26.4 Å². The Hall–Kier alpha value is -1.64. The van der Waals surface area contributed by atoms with E-state index in [1.165, 1.54) is 23.9 Å². The molecule has 2 aromatic carbocycles. The zero-order chi connectivity index (χ0) is 22.5. The van der Waals surface area contributed by atoms with E-state index in [1.807, 2.05) is 30.5 Å². The molecule has 3 rings (SSSR count). The highest BCUT2D eigenvalue weighted by molar-refractivity contribution is 7.99. The summed E-state index contributed by atoms with van der Waals surface area (Å²) < 4.78 is 7.76. The summed E-state index contributed by atoms with van der Waals surface area (Å²) in [4.78, 5) is 12.4. The van der Waals surface area contributed by atoms with Crippen molar-refractivity contribution in [2.75, 3.05) is 11.1 Å². The van der Waals surface area contributed by atoms with E-state index in [0.717, 1.165) is 11.3 Å². The number of nitrogens with one attached hydrogen (secondary N) is 1. The molecule has 0 aliphatic carbocycles. The average molecular weight is 520 g/mol. The van der Waals surface area contributed by atoms with E-state index in [2.05, 4.69) is 15.5 Å². The van der Waals surface area contributed by atoms with Crippen LogP contribution in [-0.2, 0) is 17.9 Å². The van der Waals surface area contributed by atoms with Gasteiger partial charge in [-0.15, -0.1) is 10.2 Å². The van der Waals surface area contributed by atoms with E-state index in [4.69, 9.17) is 51.1 Å². The molecule has 31 heavy (non-hydrogen) atoms. The number of benzene rings is 2. The Labute approximate surface area is 204 Å². The zero-order valence-electron chi connectivity index (χ0n) is 16.6. The summed E-state index contributed by atoms with van der Waals surface area (Å²) in [5.41, 5.74) is 1.33. The van der Waals surface area contributed by atoms with Gasteiger partial charge in [0.05, 0.1) is 26.5 Å². The predicted molar refractivity (Wildman–Crippen MR) is 127 cm³/mol. The maximum absolute atomic E-state index is 12.4. The van der Waals surface area contributed by atoms with Crippen molar-refractivity contribution in [1.82, 2.24) is 14.8 Å². The first kappa shape index (κ1) is 24.0. The first-order valence-electron chi connectivity index (χ1n) is 9.16. The van der Waals surface area contributed by atoms with E-state index in [0.29, 0.717) is 43.3 Å². The van der Waals surface area contributed by atoms with Crippen molar-refractivity contribution in [3.05, 3.63) is 61.8 Å². The van der Waals surface area contributed by atoms with E-state index in [1.54, 1.807) is 6.07 Å². The van der Waals surface area contributed by atoms with Gasteiger partial charge in [0.25, 0.3) is 0 Å². The number of aryl methyl sites for hydroxylation is 1. The summed E-state index contributed by atoms with van der Waals surface area (Å²) in [5.74, 6) is 1.24. The van der Waals surface area contributed by atoms with E-state index in [-0.39, 0.29) is 18.3 Å². The Morgan fingerprint density at radius 2 is 1.84 bits per heavy atom. The van der Waals surface area contributed by atoms with Crippen LogP contribution >= 0.6 is 58.2 Å². The second kappa shape index (κ2) is 10.8. The minimum Gasteiger partial charge on any atom is -0.485 e. The highest BCUT2D eigenvalue weighted by Gasteiger charge is 2.15. The van der Waals surface area contributed by atoms with Crippen LogP contribution in [0.2, 0.25) is 20.1 Å². The summed E-state index contributed by atoms with van der Waals surface area (Å²) in [6, 6.07) is 8.42. The molecule has 0 bridgehead atoms. The number of hydrogen-bond acceptors (Lipinski definition) is 5. The standard InChI is InChI=1S/C20H18Cl4N4O2S/c1-3-28-18(9-30-17-5-4-12(21)6-11(17)2)26-27-20(28)31-10-19(29)25-16-8-14(23)13(22)7-15(16)24/h4-8H,3,9-10H2,1-2H3,(H,25,29). The van der Waals surface area contributed by atoms with E-state index < -0.39 is 0 Å². The Kier molecular flexibility index (Phi) is 8.36. The lowest BCUT2D eigenvalue weighted by Crippen LogP contribution is -2.15. The minimum atomic E-state index is -0.259. The highest BCUT2D eigenvalue weighted by Crippen LogP contribution is 2.32. The van der Waals surface area contributed by atoms with Gasteiger partial charge in [-0.05, 0) is 49.7 Å². The van der Waals surface area contributed by atoms with Crippen molar-refractivity contribution in [2.45, 2.75) is 32.2 Å². The van der Waals surface area contributed by atoms with Gasteiger partial charge in [0.1, 0.15) is 12.4 Å². The quantitative estimate of drug-likeness (QED) is 0.270. The SMILES string of the molecule is CCn1c(COc2ccc(Cl)cc2C)nnc1SCC(=O)Nc1cc(Cl)c(Cl)cc1Cl. The molecule has 3 aromatic rings. The number of carbonyl (C=O) groups is 1. The van der Waals surface area contributed by atoms with Gasteiger partial charge >= 0.3 is 0 Å². The van der Waals surface area contributed by atoms with Gasteiger partial charge in [0.15, 0.2) is 11.0 Å². The predicted octanol–water partition coefficient (Wildman–Crippen LogP) is 6.53. The van der Waals surface area contributed by atoms with Crippen molar-refractivity contribution in [3.8, 4) is 5.75 Å². The van der Waals surface area contributed by atoms with Crippen LogP contribution in [0.15, 0.2) is 35.5 Å². The summed E-state index contributed by atoms with van der Waals surface area (Å²) in [5, 5.41) is 13.3. The number of amides is 1. The summed E-state index contributed by atoms with van der Waals surface area (Å²) in [7, 11) is 0. The second-order valence-electron chi connectivity index (χ2n) is 6.42. The largest absolute Gasteiger partial charge is 0.485 e. The number of thioether (sulfide) groups is 1. The summed E-state index contributed by atoms with van der Waals surface area (Å²) in [6.45, 7) is 4.77. The lowest BCUT2D eigenvalue weighted by Gasteiger charge is -2.11. The number of anilines is 1. The number of halogens is 4. The smallest absolute Gasteiger partial charge is 0.234 e. The molecule has 0 atom stereocenters. The van der Waals surface area contributed by atoms with E-state index in [9.17, 15) is 4.79 Å². The second-order valence-corrected chi connectivity index (χ2v) is 9.03. The van der Waals surface area contributed by atoms with Crippen LogP contribution in [0, 0.1) is 6.92 Å². The third-order valence-corrected chi connectivity index (χ3v) is 6.46. The van der Waals surface area contributed by atoms with Gasteiger partial charge in [-0.2, -0.15) is 0 Å². The van der Waals surface area contributed by atoms with Gasteiger partial charge in [-0.3, -0.25) is 4.79 Å². The number of nitrogens with zero attached hydrogens (tertiary/aromatic N) is 3. The number of hydrogen-bond donors (Lipinski definition) is 1. The normalized spacial score (nSPS) is 10.9. The fraction of sp³-hybridized carbons (Fsp3) is 0.250. The van der Waals surface area contributed by atoms with Crippen LogP contribution in [0.4, 0.5) is 5.69 Å². The lowest BCUT2D eigenvalue weighted by atomic mass is 10.2. The molecule has 0 aliphatic heterocycles. The van der Waals surface area contributed by atoms with Crippen LogP contribution in [0.5, 0.6) is 5.75 Å². The third kappa shape index (κ3) is 6.20. The van der Waals surface area contributed by atoms with Crippen LogP contribution in [0.3, 0.4) is 0 Å². The molecule has 0 aliphatic rings. The first-order valence-corrected chi connectivity index (χ1v) is 11.7. The summed E-state index contributed by atoms with van der Waals surface area (Å²) in [6.07, 6.45) is 0. The molecule has 0 saturated carbocycles. The number of aromatic nitrogens is 3. The Bertz CT molecular complexity index is 1110. The molecular formula is C20H18Cl4N4O2S. The number of ether oxygens (including phenoxy) is 1. The molecule has 164 valence electrons. The molecule has 11 heteroatoms. The number of rotatable bonds is 8. The Balaban J connectivity index is 1.61. The van der Waals surface area contributed by atoms with Crippen molar-refractivity contribution in [2.24, 2.45) is 0 Å². The monoisotopic (exact) mass is 518 g/mol. The summed E-state index contributed by atoms with van der Waals surface area (Å²) >= 11 is 25.3. The Morgan fingerprint density at radius 3 is 2.55 bits per heavy atom. The van der Waals surface area contributed by atoms with Crippen LogP contribution < -0.4 is 10.1 Å². The molecule has 1 aromatic heterocycles. The lowest BCUT2D eigenvalue weighted by molar-refractivity contribution is -0.113. The van der Waals surface area contributed by atoms with Gasteiger partial charge in [0, 0.05) is 11.6 Å². The van der Waals surface area contributed by atoms with E-state index >= 15 is 0 Å². The molecule has 6 nitrogen and oxygen atoms in total. The average Bonchev–Trinajstić information content (AvgIpc) is 3.11. The number of carbonyl (C=O) groups excluding carboxylic acids is 1. The van der Waals surface area contributed by atoms with Gasteiger partial charge in [-0.25, -0.2) is 0 Å². The van der Waals surface area contributed by atoms with Crippen LogP contribution in [0.1, 0.15) is 18.3 Å². The highest BCUT2D eigenvalue weighted by atomic mass is 35.5. The molecule has 1 amide bonds. The van der Waals surface area contributed by atoms with Gasteiger partial charge in [0.2, 0.25) is 5.91 Å². The fourth-order valence-electron chi connectivity index (χ4n) is 2.70. The molecule has 1 N–H and O–H groups in total. The molecule has 0 saturated heterocycles. The van der Waals surface area contributed by atoms with Gasteiger partial charge < -0.3 is 14.6 Å². The van der Waals surface area contributed by atoms with Crippen molar-refractivity contribution in [1.29, 1.82) is 0 Å². The Morgan fingerprint density at radius 1 is 1.10 bits per heavy atom. The molecule has 1 heterocycles. The minimum absolute atomic E-state index is 0.117. The maximum atomic E-state index is 12.4. The molecule has 0 unspecified atom stereocenters. The molecule has 0 fully saturated rings. The molecular weight excluding hydrogens is 502 g/mol. The van der Waals surface area contributed by atoms with Crippen molar-refractivity contribution >= 4 is 69.8 Å².